The zero-order chi connectivity index (χ0) is 14.3. The van der Waals surface area contributed by atoms with Crippen LogP contribution in [0.15, 0.2) is 29.4 Å². The highest BCUT2D eigenvalue weighted by molar-refractivity contribution is 7.89. The van der Waals surface area contributed by atoms with Gasteiger partial charge in [0.2, 0.25) is 0 Å². The van der Waals surface area contributed by atoms with E-state index in [0.717, 1.165) is 0 Å². The monoisotopic (exact) mass is 315 g/mol. The molecule has 1 fully saturated rings. The van der Waals surface area contributed by atoms with Crippen LogP contribution in [0, 0.1) is 0 Å². The Bertz CT molecular complexity index is 743. The first-order valence-electron chi connectivity index (χ1n) is 6.24. The highest BCUT2D eigenvalue weighted by atomic mass is 35.5. The van der Waals surface area contributed by atoms with E-state index in [2.05, 4.69) is 4.98 Å². The predicted molar refractivity (Wildman–Crippen MR) is 74.4 cm³/mol. The lowest BCUT2D eigenvalue weighted by Crippen LogP contribution is -2.44. The molecular weight excluding hydrogens is 302 g/mol. The third-order valence-electron chi connectivity index (χ3n) is 3.23. The molecule has 3 heterocycles. The van der Waals surface area contributed by atoms with E-state index < -0.39 is 10.0 Å². The van der Waals surface area contributed by atoms with Crippen LogP contribution in [0.3, 0.4) is 0 Å². The Labute approximate surface area is 122 Å². The first kappa shape index (κ1) is 13.8. The van der Waals surface area contributed by atoms with E-state index in [1.807, 2.05) is 6.92 Å². The molecule has 2 aromatic rings. The molecule has 1 saturated heterocycles. The van der Waals surface area contributed by atoms with Crippen LogP contribution in [0.4, 0.5) is 0 Å². The molecule has 2 aromatic heterocycles. The Morgan fingerprint density at radius 3 is 3.00 bits per heavy atom. The van der Waals surface area contributed by atoms with Gasteiger partial charge in [-0.25, -0.2) is 13.4 Å². The number of rotatable bonds is 2. The zero-order valence-corrected chi connectivity index (χ0v) is 12.4. The summed E-state index contributed by atoms with van der Waals surface area (Å²) >= 11 is 6.04. The number of halogens is 1. The smallest absolute Gasteiger partial charge is 0.262 e. The first-order chi connectivity index (χ1) is 9.50. The van der Waals surface area contributed by atoms with Gasteiger partial charge in [-0.3, -0.25) is 4.40 Å². The number of ether oxygens (including phenoxy) is 1. The lowest BCUT2D eigenvalue weighted by Gasteiger charge is -2.30. The van der Waals surface area contributed by atoms with Crippen LogP contribution in [0.25, 0.3) is 5.65 Å². The summed E-state index contributed by atoms with van der Waals surface area (Å²) in [5.74, 6) is 0. The molecule has 0 N–H and O–H groups in total. The van der Waals surface area contributed by atoms with Crippen molar-refractivity contribution in [2.24, 2.45) is 0 Å². The van der Waals surface area contributed by atoms with Crippen molar-refractivity contribution >= 4 is 27.3 Å². The van der Waals surface area contributed by atoms with E-state index in [9.17, 15) is 8.42 Å². The molecule has 1 atom stereocenters. The molecule has 0 amide bonds. The Balaban J connectivity index is 2.11. The van der Waals surface area contributed by atoms with Crippen LogP contribution < -0.4 is 0 Å². The fourth-order valence-corrected chi connectivity index (χ4v) is 4.40. The minimum atomic E-state index is -3.69. The third-order valence-corrected chi connectivity index (χ3v) is 5.50. The summed E-state index contributed by atoms with van der Waals surface area (Å²) in [6, 6.07) is 5.24. The second kappa shape index (κ2) is 5.00. The van der Waals surface area contributed by atoms with Gasteiger partial charge in [-0.15, -0.1) is 0 Å². The molecule has 108 valence electrons. The lowest BCUT2D eigenvalue weighted by atomic mass is 10.3. The van der Waals surface area contributed by atoms with Crippen molar-refractivity contribution < 1.29 is 13.2 Å². The Morgan fingerprint density at radius 1 is 1.45 bits per heavy atom. The average Bonchev–Trinajstić information content (AvgIpc) is 2.75. The average molecular weight is 316 g/mol. The maximum Gasteiger partial charge on any atom is 0.262 e. The fraction of sp³-hybridized carbons (Fsp3) is 0.417. The predicted octanol–water partition coefficient (Wildman–Crippen LogP) is 1.40. The minimum Gasteiger partial charge on any atom is -0.376 e. The van der Waals surface area contributed by atoms with Crippen LogP contribution in [0.2, 0.25) is 5.15 Å². The first-order valence-corrected chi connectivity index (χ1v) is 8.06. The number of hydrogen-bond donors (Lipinski definition) is 0. The van der Waals surface area contributed by atoms with Gasteiger partial charge in [0, 0.05) is 19.3 Å². The number of aromatic nitrogens is 2. The number of nitrogens with zero attached hydrogens (tertiary/aromatic N) is 3. The van der Waals surface area contributed by atoms with Crippen molar-refractivity contribution in [3.63, 3.8) is 0 Å². The number of pyridine rings is 1. The van der Waals surface area contributed by atoms with E-state index in [1.54, 1.807) is 24.4 Å². The maximum absolute atomic E-state index is 12.8. The van der Waals surface area contributed by atoms with Gasteiger partial charge < -0.3 is 4.74 Å². The van der Waals surface area contributed by atoms with Gasteiger partial charge in [0.25, 0.3) is 10.0 Å². The van der Waals surface area contributed by atoms with Crippen molar-refractivity contribution in [2.45, 2.75) is 18.1 Å². The van der Waals surface area contributed by atoms with Crippen molar-refractivity contribution in [1.29, 1.82) is 0 Å². The second-order valence-corrected chi connectivity index (χ2v) is 6.89. The molecule has 1 unspecified atom stereocenters. The highest BCUT2D eigenvalue weighted by Gasteiger charge is 2.33. The van der Waals surface area contributed by atoms with Crippen molar-refractivity contribution in [1.82, 2.24) is 13.7 Å². The van der Waals surface area contributed by atoms with Gasteiger partial charge in [-0.2, -0.15) is 4.31 Å². The number of imidazole rings is 1. The van der Waals surface area contributed by atoms with Crippen LogP contribution in [0.1, 0.15) is 6.92 Å². The van der Waals surface area contributed by atoms with Gasteiger partial charge in [-0.05, 0) is 19.1 Å². The quantitative estimate of drug-likeness (QED) is 0.840. The molecule has 1 aliphatic heterocycles. The van der Waals surface area contributed by atoms with Crippen molar-refractivity contribution in [3.05, 3.63) is 29.5 Å². The largest absolute Gasteiger partial charge is 0.376 e. The zero-order valence-electron chi connectivity index (χ0n) is 10.9. The van der Waals surface area contributed by atoms with E-state index in [0.29, 0.717) is 25.3 Å². The van der Waals surface area contributed by atoms with E-state index >= 15 is 0 Å². The normalized spacial score (nSPS) is 21.4. The molecular formula is C12H14ClN3O3S. The fourth-order valence-electron chi connectivity index (χ4n) is 2.30. The molecule has 8 heteroatoms. The summed E-state index contributed by atoms with van der Waals surface area (Å²) in [5.41, 5.74) is 0.511. The van der Waals surface area contributed by atoms with Crippen LogP contribution in [-0.4, -0.2) is 47.9 Å². The van der Waals surface area contributed by atoms with Gasteiger partial charge in [0.15, 0.2) is 10.2 Å². The molecule has 0 aliphatic carbocycles. The second-order valence-electron chi connectivity index (χ2n) is 4.68. The van der Waals surface area contributed by atoms with E-state index in [-0.39, 0.29) is 16.3 Å². The van der Waals surface area contributed by atoms with Gasteiger partial charge in [-0.1, -0.05) is 17.7 Å². The third kappa shape index (κ3) is 2.20. The number of morpholine rings is 1. The maximum atomic E-state index is 12.8. The summed E-state index contributed by atoms with van der Waals surface area (Å²) in [6.45, 7) is 2.87. The summed E-state index contributed by atoms with van der Waals surface area (Å²) in [7, 11) is -3.69. The van der Waals surface area contributed by atoms with E-state index in [1.165, 1.54) is 8.71 Å². The van der Waals surface area contributed by atoms with Gasteiger partial charge in [0.05, 0.1) is 12.7 Å². The molecule has 0 saturated carbocycles. The highest BCUT2D eigenvalue weighted by Crippen LogP contribution is 2.26. The molecule has 1 aliphatic rings. The summed E-state index contributed by atoms with van der Waals surface area (Å²) < 4.78 is 33.8. The molecule has 6 nitrogen and oxygen atoms in total. The Kier molecular flexibility index (Phi) is 3.45. The van der Waals surface area contributed by atoms with Gasteiger partial charge in [0.1, 0.15) is 5.65 Å². The molecule has 0 bridgehead atoms. The van der Waals surface area contributed by atoms with Crippen molar-refractivity contribution in [2.75, 3.05) is 19.7 Å². The minimum absolute atomic E-state index is 0.00431. The van der Waals surface area contributed by atoms with Crippen LogP contribution >= 0.6 is 11.6 Å². The van der Waals surface area contributed by atoms with E-state index in [4.69, 9.17) is 16.3 Å². The molecule has 3 rings (SSSR count). The van der Waals surface area contributed by atoms with Crippen molar-refractivity contribution in [3.8, 4) is 0 Å². The summed E-state index contributed by atoms with van der Waals surface area (Å²) in [5, 5.41) is 0.0132. The molecule has 0 spiro atoms. The number of fused-ring (bicyclic) bond motifs is 1. The molecule has 0 aromatic carbocycles. The van der Waals surface area contributed by atoms with Crippen LogP contribution in [0.5, 0.6) is 0 Å². The molecule has 0 radical (unpaired) electrons. The SMILES string of the molecule is CC1CN(S(=O)(=O)c2c(Cl)nc3ccccn23)CCO1. The number of hydrogen-bond acceptors (Lipinski definition) is 4. The Morgan fingerprint density at radius 2 is 2.25 bits per heavy atom. The standard InChI is InChI=1S/C12H14ClN3O3S/c1-9-8-15(6-7-19-9)20(17,18)12-11(13)14-10-4-2-3-5-16(10)12/h2-5,9H,6-8H2,1H3. The Hall–Kier alpha value is -1.15. The topological polar surface area (TPSA) is 63.9 Å². The van der Waals surface area contributed by atoms with Gasteiger partial charge >= 0.3 is 0 Å². The van der Waals surface area contributed by atoms with Crippen LogP contribution in [-0.2, 0) is 14.8 Å². The molecule has 20 heavy (non-hydrogen) atoms. The summed E-state index contributed by atoms with van der Waals surface area (Å²) in [6.07, 6.45) is 1.52. The summed E-state index contributed by atoms with van der Waals surface area (Å²) in [4.78, 5) is 4.08. The lowest BCUT2D eigenvalue weighted by molar-refractivity contribution is 0.0101. The number of sulfonamides is 1.